The highest BCUT2D eigenvalue weighted by Crippen LogP contribution is 2.26. The Kier molecular flexibility index (Phi) is 5.07. The molecule has 4 rings (SSSR count). The summed E-state index contributed by atoms with van der Waals surface area (Å²) >= 11 is 1.44. The summed E-state index contributed by atoms with van der Waals surface area (Å²) in [5.74, 6) is 2.22. The number of aromatic nitrogens is 6. The number of methoxy groups -OCH3 is 1. The van der Waals surface area contributed by atoms with E-state index in [-0.39, 0.29) is 0 Å². The van der Waals surface area contributed by atoms with Crippen LogP contribution in [0.3, 0.4) is 0 Å². The van der Waals surface area contributed by atoms with Crippen LogP contribution in [0.1, 0.15) is 17.0 Å². The molecule has 4 aromatic rings. The van der Waals surface area contributed by atoms with Crippen LogP contribution in [-0.2, 0) is 5.75 Å². The number of nitrogens with zero attached hydrogens (tertiary/aromatic N) is 6. The summed E-state index contributed by atoms with van der Waals surface area (Å²) in [6.45, 7) is 4.07. The van der Waals surface area contributed by atoms with Crippen LogP contribution >= 0.6 is 11.8 Å². The van der Waals surface area contributed by atoms with Gasteiger partial charge in [-0.1, -0.05) is 41.2 Å². The second-order valence-corrected chi connectivity index (χ2v) is 7.14. The first-order chi connectivity index (χ1) is 13.6. The van der Waals surface area contributed by atoms with Gasteiger partial charge in [0, 0.05) is 5.56 Å². The average molecular weight is 394 g/mol. The number of thioether (sulfide) groups is 1. The molecule has 0 aliphatic carbocycles. The predicted octanol–water partition coefficient (Wildman–Crippen LogP) is 3.63. The van der Waals surface area contributed by atoms with Crippen LogP contribution in [0.5, 0.6) is 5.75 Å². The van der Waals surface area contributed by atoms with Crippen LogP contribution in [0, 0.1) is 13.8 Å². The number of benzene rings is 2. The van der Waals surface area contributed by atoms with Crippen molar-refractivity contribution in [1.29, 1.82) is 0 Å². The zero-order valence-electron chi connectivity index (χ0n) is 15.7. The number of tetrazole rings is 1. The molecule has 0 amide bonds. The summed E-state index contributed by atoms with van der Waals surface area (Å²) in [6, 6.07) is 13.7. The molecule has 0 bridgehead atoms. The second kappa shape index (κ2) is 7.81. The first-order valence-electron chi connectivity index (χ1n) is 8.60. The Morgan fingerprint density at radius 3 is 2.89 bits per heavy atom. The lowest BCUT2D eigenvalue weighted by Gasteiger charge is -2.07. The highest BCUT2D eigenvalue weighted by atomic mass is 32.2. The third kappa shape index (κ3) is 3.74. The third-order valence-electron chi connectivity index (χ3n) is 4.15. The van der Waals surface area contributed by atoms with Crippen molar-refractivity contribution in [1.82, 2.24) is 30.3 Å². The van der Waals surface area contributed by atoms with E-state index in [0.29, 0.717) is 22.6 Å². The van der Waals surface area contributed by atoms with Gasteiger partial charge in [0.1, 0.15) is 5.75 Å². The second-order valence-electron chi connectivity index (χ2n) is 6.20. The normalized spacial score (nSPS) is 11.0. The van der Waals surface area contributed by atoms with E-state index in [1.807, 2.05) is 38.1 Å². The predicted molar refractivity (Wildman–Crippen MR) is 104 cm³/mol. The molecule has 0 radical (unpaired) electrons. The molecule has 8 nitrogen and oxygen atoms in total. The lowest BCUT2D eigenvalue weighted by molar-refractivity contribution is 0.391. The molecule has 0 atom stereocenters. The van der Waals surface area contributed by atoms with E-state index in [1.165, 1.54) is 11.8 Å². The molecule has 0 fully saturated rings. The minimum Gasteiger partial charge on any atom is -0.497 e. The number of rotatable bonds is 6. The van der Waals surface area contributed by atoms with Crippen molar-refractivity contribution in [2.75, 3.05) is 7.11 Å². The van der Waals surface area contributed by atoms with Gasteiger partial charge in [0.15, 0.2) is 0 Å². The van der Waals surface area contributed by atoms with Crippen molar-refractivity contribution in [3.63, 3.8) is 0 Å². The molecule has 2 heterocycles. The highest BCUT2D eigenvalue weighted by Gasteiger charge is 2.15. The Balaban J connectivity index is 1.51. The lowest BCUT2D eigenvalue weighted by atomic mass is 10.1. The molecule has 0 aliphatic rings. The van der Waals surface area contributed by atoms with Gasteiger partial charge in [-0.3, -0.25) is 0 Å². The van der Waals surface area contributed by atoms with Gasteiger partial charge in [-0.05, 0) is 53.6 Å². The Morgan fingerprint density at radius 1 is 1.14 bits per heavy atom. The largest absolute Gasteiger partial charge is 0.497 e. The smallest absolute Gasteiger partial charge is 0.237 e. The van der Waals surface area contributed by atoms with Gasteiger partial charge >= 0.3 is 0 Å². The molecule has 0 N–H and O–H groups in total. The van der Waals surface area contributed by atoms with Gasteiger partial charge in [-0.2, -0.15) is 9.67 Å². The van der Waals surface area contributed by atoms with E-state index in [4.69, 9.17) is 9.26 Å². The van der Waals surface area contributed by atoms with Gasteiger partial charge in [0.25, 0.3) is 0 Å². The highest BCUT2D eigenvalue weighted by molar-refractivity contribution is 7.98. The minimum atomic E-state index is 0.461. The zero-order valence-corrected chi connectivity index (χ0v) is 16.5. The molecule has 142 valence electrons. The topological polar surface area (TPSA) is 91.8 Å². The zero-order chi connectivity index (χ0) is 19.5. The summed E-state index contributed by atoms with van der Waals surface area (Å²) in [7, 11) is 1.62. The minimum absolute atomic E-state index is 0.461. The van der Waals surface area contributed by atoms with Crippen LogP contribution in [0.15, 0.2) is 52.1 Å². The van der Waals surface area contributed by atoms with Crippen molar-refractivity contribution in [3.05, 3.63) is 59.5 Å². The summed E-state index contributed by atoms with van der Waals surface area (Å²) < 4.78 is 12.3. The van der Waals surface area contributed by atoms with E-state index < -0.39 is 0 Å². The Morgan fingerprint density at radius 2 is 2.04 bits per heavy atom. The van der Waals surface area contributed by atoms with Crippen molar-refractivity contribution in [2.24, 2.45) is 0 Å². The molecule has 0 saturated heterocycles. The standard InChI is InChI=1S/C19H18N6O2S/c1-12-7-8-13(2)16(9-12)25-19(21-23-24-25)28-11-17-20-18(22-27-17)14-5-4-6-15(10-14)26-3/h4-10H,11H2,1-3H3. The molecule has 0 spiro atoms. The number of aryl methyl sites for hydroxylation is 2. The van der Waals surface area contributed by atoms with E-state index in [2.05, 4.69) is 43.9 Å². The molecular weight excluding hydrogens is 376 g/mol. The molecule has 0 unspecified atom stereocenters. The maximum absolute atomic E-state index is 5.38. The number of hydrogen-bond acceptors (Lipinski definition) is 8. The van der Waals surface area contributed by atoms with Gasteiger partial charge in [-0.15, -0.1) is 5.10 Å². The van der Waals surface area contributed by atoms with Gasteiger partial charge < -0.3 is 9.26 Å². The number of hydrogen-bond donors (Lipinski definition) is 0. The third-order valence-corrected chi connectivity index (χ3v) is 5.06. The van der Waals surface area contributed by atoms with Gasteiger partial charge in [0.05, 0.1) is 18.6 Å². The fourth-order valence-corrected chi connectivity index (χ4v) is 3.41. The van der Waals surface area contributed by atoms with Crippen LogP contribution < -0.4 is 4.74 Å². The van der Waals surface area contributed by atoms with Crippen LogP contribution in [-0.4, -0.2) is 37.5 Å². The summed E-state index contributed by atoms with van der Waals surface area (Å²) in [4.78, 5) is 4.46. The van der Waals surface area contributed by atoms with Gasteiger partial charge in [-0.25, -0.2) is 0 Å². The average Bonchev–Trinajstić information content (AvgIpc) is 3.37. The first-order valence-corrected chi connectivity index (χ1v) is 9.58. The Labute approximate surface area is 165 Å². The summed E-state index contributed by atoms with van der Waals surface area (Å²) in [5, 5.41) is 16.8. The first kappa shape index (κ1) is 18.2. The van der Waals surface area contributed by atoms with E-state index in [9.17, 15) is 0 Å². The summed E-state index contributed by atoms with van der Waals surface area (Å²) in [5.41, 5.74) is 4.03. The van der Waals surface area contributed by atoms with Gasteiger partial charge in [0.2, 0.25) is 16.9 Å². The van der Waals surface area contributed by atoms with Crippen molar-refractivity contribution in [2.45, 2.75) is 24.8 Å². The molecular formula is C19H18N6O2S. The molecule has 2 aromatic carbocycles. The fourth-order valence-electron chi connectivity index (χ4n) is 2.69. The SMILES string of the molecule is COc1cccc(-c2noc(CSc3nnnn3-c3cc(C)ccc3C)n2)c1. The molecule has 9 heteroatoms. The van der Waals surface area contributed by atoms with Crippen molar-refractivity contribution >= 4 is 11.8 Å². The molecule has 0 saturated carbocycles. The van der Waals surface area contributed by atoms with Crippen LogP contribution in [0.25, 0.3) is 17.1 Å². The quantitative estimate of drug-likeness (QED) is 0.458. The Hall–Kier alpha value is -3.20. The van der Waals surface area contributed by atoms with E-state index in [1.54, 1.807) is 11.8 Å². The molecule has 2 aromatic heterocycles. The molecule has 0 aliphatic heterocycles. The maximum Gasteiger partial charge on any atom is 0.237 e. The molecule has 28 heavy (non-hydrogen) atoms. The lowest BCUT2D eigenvalue weighted by Crippen LogP contribution is -2.02. The Bertz CT molecular complexity index is 1110. The fraction of sp³-hybridized carbons (Fsp3) is 0.211. The van der Waals surface area contributed by atoms with E-state index >= 15 is 0 Å². The van der Waals surface area contributed by atoms with E-state index in [0.717, 1.165) is 28.1 Å². The van der Waals surface area contributed by atoms with Crippen LogP contribution in [0.4, 0.5) is 0 Å². The monoisotopic (exact) mass is 394 g/mol. The summed E-state index contributed by atoms with van der Waals surface area (Å²) in [6.07, 6.45) is 0. The van der Waals surface area contributed by atoms with Crippen molar-refractivity contribution < 1.29 is 9.26 Å². The maximum atomic E-state index is 5.38. The van der Waals surface area contributed by atoms with Crippen molar-refractivity contribution in [3.8, 4) is 22.8 Å². The van der Waals surface area contributed by atoms with Crippen LogP contribution in [0.2, 0.25) is 0 Å². The number of ether oxygens (including phenoxy) is 1.